The molecule has 0 saturated carbocycles. The topological polar surface area (TPSA) is 35.5 Å². The van der Waals surface area contributed by atoms with Gasteiger partial charge in [-0.25, -0.2) is 4.79 Å². The number of carbonyl (C=O) groups excluding carboxylic acids is 1. The molecule has 1 saturated heterocycles. The van der Waals surface area contributed by atoms with Gasteiger partial charge in [-0.2, -0.15) is 0 Å². The zero-order valence-electron chi connectivity index (χ0n) is 6.38. The Morgan fingerprint density at radius 2 is 2.55 bits per heavy atom. The lowest BCUT2D eigenvalue weighted by atomic mass is 10.2. The molecular weight excluding hydrogens is 259 g/mol. The van der Waals surface area contributed by atoms with Crippen LogP contribution in [0.3, 0.4) is 0 Å². The molecule has 0 radical (unpaired) electrons. The van der Waals surface area contributed by atoms with Crippen LogP contribution < -0.4 is 0 Å². The fourth-order valence-electron chi connectivity index (χ4n) is 0.982. The molecule has 0 N–H and O–H groups in total. The van der Waals surface area contributed by atoms with E-state index in [1.807, 2.05) is 0 Å². The van der Waals surface area contributed by atoms with Gasteiger partial charge in [-0.15, -0.1) is 0 Å². The minimum Gasteiger partial charge on any atom is -0.430 e. The molecule has 1 aliphatic heterocycles. The van der Waals surface area contributed by atoms with Crippen molar-refractivity contribution in [2.75, 3.05) is 6.61 Å². The van der Waals surface area contributed by atoms with Gasteiger partial charge >= 0.3 is 6.16 Å². The molecule has 4 heteroatoms. The Morgan fingerprint density at radius 1 is 1.82 bits per heavy atom. The first-order valence-corrected chi connectivity index (χ1v) is 4.96. The van der Waals surface area contributed by atoms with Gasteiger partial charge in [0.2, 0.25) is 0 Å². The van der Waals surface area contributed by atoms with E-state index in [0.29, 0.717) is 10.5 Å². The summed E-state index contributed by atoms with van der Waals surface area (Å²) in [7, 11) is 0. The summed E-state index contributed by atoms with van der Waals surface area (Å²) in [5.74, 6) is 0. The van der Waals surface area contributed by atoms with Gasteiger partial charge in [0.15, 0.2) is 6.10 Å². The van der Waals surface area contributed by atoms with E-state index in [0.717, 1.165) is 12.8 Å². The maximum Gasteiger partial charge on any atom is 0.508 e. The standard InChI is InChI=1S/C7H11IO3/c1-2-3-5(8)6-4-10-7(9)11-6/h5-6H,2-4H2,1H3. The van der Waals surface area contributed by atoms with Crippen molar-refractivity contribution in [1.82, 2.24) is 0 Å². The fraction of sp³-hybridized carbons (Fsp3) is 0.857. The van der Waals surface area contributed by atoms with Gasteiger partial charge in [-0.3, -0.25) is 0 Å². The van der Waals surface area contributed by atoms with Gasteiger partial charge in [-0.1, -0.05) is 35.9 Å². The summed E-state index contributed by atoms with van der Waals surface area (Å²) in [4.78, 5) is 10.5. The van der Waals surface area contributed by atoms with Gasteiger partial charge in [0.25, 0.3) is 0 Å². The third kappa shape index (κ3) is 2.50. The van der Waals surface area contributed by atoms with E-state index in [1.165, 1.54) is 0 Å². The van der Waals surface area contributed by atoms with Crippen LogP contribution in [0.5, 0.6) is 0 Å². The molecule has 1 fully saturated rings. The lowest BCUT2D eigenvalue weighted by Crippen LogP contribution is -2.22. The van der Waals surface area contributed by atoms with Crippen molar-refractivity contribution in [3.05, 3.63) is 0 Å². The Labute approximate surface area is 79.6 Å². The van der Waals surface area contributed by atoms with Crippen LogP contribution in [-0.4, -0.2) is 22.8 Å². The average Bonchev–Trinajstić information content (AvgIpc) is 2.36. The van der Waals surface area contributed by atoms with E-state index in [2.05, 4.69) is 34.3 Å². The van der Waals surface area contributed by atoms with Crippen molar-refractivity contribution < 1.29 is 14.3 Å². The van der Waals surface area contributed by atoms with Crippen molar-refractivity contribution in [3.8, 4) is 0 Å². The summed E-state index contributed by atoms with van der Waals surface area (Å²) in [5.41, 5.74) is 0. The van der Waals surface area contributed by atoms with Gasteiger partial charge in [0.05, 0.1) is 3.92 Å². The molecule has 0 aliphatic carbocycles. The number of hydrogen-bond donors (Lipinski definition) is 0. The van der Waals surface area contributed by atoms with Gasteiger partial charge < -0.3 is 9.47 Å². The van der Waals surface area contributed by atoms with Crippen LogP contribution in [0.2, 0.25) is 0 Å². The maximum atomic E-state index is 10.5. The van der Waals surface area contributed by atoms with Crippen molar-refractivity contribution in [2.24, 2.45) is 0 Å². The molecule has 1 aliphatic rings. The quantitative estimate of drug-likeness (QED) is 0.447. The number of cyclic esters (lactones) is 2. The average molecular weight is 270 g/mol. The number of alkyl halides is 1. The van der Waals surface area contributed by atoms with Gasteiger partial charge in [-0.05, 0) is 6.42 Å². The SMILES string of the molecule is CCCC(I)C1COC(=O)O1. The van der Waals surface area contributed by atoms with Crippen LogP contribution in [-0.2, 0) is 9.47 Å². The van der Waals surface area contributed by atoms with E-state index in [4.69, 9.17) is 4.74 Å². The summed E-state index contributed by atoms with van der Waals surface area (Å²) in [6.07, 6.45) is 1.64. The minimum absolute atomic E-state index is 0.0250. The predicted octanol–water partition coefficient (Wildman–Crippen LogP) is 2.13. The van der Waals surface area contributed by atoms with Crippen LogP contribution in [0, 0.1) is 0 Å². The molecule has 0 aromatic rings. The molecule has 3 nitrogen and oxygen atoms in total. The van der Waals surface area contributed by atoms with Crippen molar-refractivity contribution in [3.63, 3.8) is 0 Å². The van der Waals surface area contributed by atoms with E-state index < -0.39 is 6.16 Å². The predicted molar refractivity (Wildman–Crippen MR) is 48.9 cm³/mol. The monoisotopic (exact) mass is 270 g/mol. The van der Waals surface area contributed by atoms with Gasteiger partial charge in [0.1, 0.15) is 6.61 Å². The highest BCUT2D eigenvalue weighted by molar-refractivity contribution is 14.1. The number of rotatable bonds is 3. The molecule has 1 heterocycles. The molecule has 11 heavy (non-hydrogen) atoms. The summed E-state index contributed by atoms with van der Waals surface area (Å²) < 4.78 is 9.97. The first kappa shape index (κ1) is 9.09. The van der Waals surface area contributed by atoms with E-state index >= 15 is 0 Å². The second-order valence-electron chi connectivity index (χ2n) is 2.52. The first-order chi connectivity index (χ1) is 5.24. The second-order valence-corrected chi connectivity index (χ2v) is 4.12. The Hall–Kier alpha value is 0. The fourth-order valence-corrected chi connectivity index (χ4v) is 1.96. The summed E-state index contributed by atoms with van der Waals surface area (Å²) >= 11 is 2.30. The maximum absolute atomic E-state index is 10.5. The van der Waals surface area contributed by atoms with Crippen LogP contribution >= 0.6 is 22.6 Å². The Morgan fingerprint density at radius 3 is 3.00 bits per heavy atom. The molecule has 0 aromatic carbocycles. The van der Waals surface area contributed by atoms with Crippen LogP contribution in [0.25, 0.3) is 0 Å². The molecule has 0 aromatic heterocycles. The first-order valence-electron chi connectivity index (χ1n) is 3.71. The molecule has 1 rings (SSSR count). The Bertz CT molecular complexity index is 149. The summed E-state index contributed by atoms with van der Waals surface area (Å²) in [6.45, 7) is 2.54. The lowest BCUT2D eigenvalue weighted by molar-refractivity contribution is 0.118. The third-order valence-corrected chi connectivity index (χ3v) is 3.01. The van der Waals surface area contributed by atoms with Crippen molar-refractivity contribution in [1.29, 1.82) is 0 Å². The second kappa shape index (κ2) is 4.13. The highest BCUT2D eigenvalue weighted by atomic mass is 127. The number of ether oxygens (including phenoxy) is 2. The Balaban J connectivity index is 2.30. The summed E-state index contributed by atoms with van der Waals surface area (Å²) in [6, 6.07) is 0. The number of hydrogen-bond acceptors (Lipinski definition) is 3. The van der Waals surface area contributed by atoms with E-state index in [9.17, 15) is 4.79 Å². The van der Waals surface area contributed by atoms with Gasteiger partial charge in [0, 0.05) is 0 Å². The largest absolute Gasteiger partial charge is 0.508 e. The van der Waals surface area contributed by atoms with Crippen molar-refractivity contribution in [2.45, 2.75) is 29.8 Å². The zero-order chi connectivity index (χ0) is 8.27. The van der Waals surface area contributed by atoms with Crippen LogP contribution in [0.1, 0.15) is 19.8 Å². The molecule has 64 valence electrons. The smallest absolute Gasteiger partial charge is 0.430 e. The van der Waals surface area contributed by atoms with Crippen LogP contribution in [0.15, 0.2) is 0 Å². The molecule has 0 bridgehead atoms. The van der Waals surface area contributed by atoms with E-state index in [1.54, 1.807) is 0 Å². The highest BCUT2D eigenvalue weighted by Gasteiger charge is 2.30. The highest BCUT2D eigenvalue weighted by Crippen LogP contribution is 2.20. The van der Waals surface area contributed by atoms with Crippen molar-refractivity contribution >= 4 is 28.7 Å². The lowest BCUT2D eigenvalue weighted by Gasteiger charge is -2.12. The minimum atomic E-state index is -0.521. The third-order valence-electron chi connectivity index (χ3n) is 1.58. The van der Waals surface area contributed by atoms with E-state index in [-0.39, 0.29) is 6.10 Å². The summed E-state index contributed by atoms with van der Waals surface area (Å²) in [5, 5.41) is 0. The molecular formula is C7H11IO3. The Kier molecular flexibility index (Phi) is 3.42. The normalized spacial score (nSPS) is 26.0. The zero-order valence-corrected chi connectivity index (χ0v) is 8.54. The number of halogens is 1. The molecule has 0 spiro atoms. The number of carbonyl (C=O) groups is 1. The molecule has 2 unspecified atom stereocenters. The molecule has 2 atom stereocenters. The van der Waals surface area contributed by atoms with Crippen LogP contribution in [0.4, 0.5) is 4.79 Å². The molecule has 0 amide bonds.